The number of hydrogen-bond donors (Lipinski definition) is 1. The maximum Gasteiger partial charge on any atom is 0.230 e. The summed E-state index contributed by atoms with van der Waals surface area (Å²) in [6.45, 7) is 2.82. The van der Waals surface area contributed by atoms with E-state index >= 15 is 0 Å². The van der Waals surface area contributed by atoms with Gasteiger partial charge in [-0.25, -0.2) is 4.39 Å². The van der Waals surface area contributed by atoms with Crippen LogP contribution in [0.3, 0.4) is 0 Å². The highest BCUT2D eigenvalue weighted by molar-refractivity contribution is 5.35. The molecule has 2 N–H and O–H groups in total. The summed E-state index contributed by atoms with van der Waals surface area (Å²) in [7, 11) is 0. The summed E-state index contributed by atoms with van der Waals surface area (Å²) in [6.07, 6.45) is 0. The van der Waals surface area contributed by atoms with Crippen LogP contribution in [0.2, 0.25) is 0 Å². The van der Waals surface area contributed by atoms with E-state index in [0.29, 0.717) is 43.8 Å². The van der Waals surface area contributed by atoms with Crippen LogP contribution < -0.4 is 15.4 Å². The highest BCUT2D eigenvalue weighted by Crippen LogP contribution is 2.15. The van der Waals surface area contributed by atoms with Gasteiger partial charge in [-0.1, -0.05) is 0 Å². The van der Waals surface area contributed by atoms with Crippen molar-refractivity contribution in [1.82, 2.24) is 15.0 Å². The third-order valence-electron chi connectivity index (χ3n) is 3.16. The van der Waals surface area contributed by atoms with Gasteiger partial charge in [0.15, 0.2) is 5.82 Å². The molecule has 0 radical (unpaired) electrons. The molecule has 1 aromatic carbocycles. The fraction of sp³-hybridized carbons (Fsp3) is 0.357. The molecule has 0 spiro atoms. The van der Waals surface area contributed by atoms with Crippen molar-refractivity contribution in [2.75, 3.05) is 36.9 Å². The topological polar surface area (TPSA) is 86.4 Å². The van der Waals surface area contributed by atoms with E-state index in [1.807, 2.05) is 4.90 Å². The van der Waals surface area contributed by atoms with Crippen LogP contribution in [0.25, 0.3) is 0 Å². The quantitative estimate of drug-likeness (QED) is 0.902. The van der Waals surface area contributed by atoms with E-state index in [4.69, 9.17) is 15.2 Å². The molecular formula is C14H16FN5O2. The Hall–Kier alpha value is -2.48. The molecule has 1 aliphatic rings. The van der Waals surface area contributed by atoms with E-state index in [1.54, 1.807) is 12.1 Å². The third-order valence-corrected chi connectivity index (χ3v) is 3.16. The lowest BCUT2D eigenvalue weighted by Gasteiger charge is -2.26. The zero-order valence-electron chi connectivity index (χ0n) is 11.9. The molecule has 1 saturated heterocycles. The molecule has 0 unspecified atom stereocenters. The number of benzene rings is 1. The first-order valence-corrected chi connectivity index (χ1v) is 6.92. The Kier molecular flexibility index (Phi) is 4.29. The SMILES string of the molecule is Nc1nc(COc2ccc(F)cc2)nc(N2CCOCC2)n1. The van der Waals surface area contributed by atoms with Gasteiger partial charge in [0.05, 0.1) is 13.2 Å². The van der Waals surface area contributed by atoms with Gasteiger partial charge in [0.2, 0.25) is 11.9 Å². The molecule has 1 aliphatic heterocycles. The van der Waals surface area contributed by atoms with E-state index in [2.05, 4.69) is 15.0 Å². The van der Waals surface area contributed by atoms with Crippen LogP contribution in [0.15, 0.2) is 24.3 Å². The fourth-order valence-corrected chi connectivity index (χ4v) is 2.07. The molecule has 0 saturated carbocycles. The van der Waals surface area contributed by atoms with Gasteiger partial charge in [0, 0.05) is 13.1 Å². The van der Waals surface area contributed by atoms with E-state index < -0.39 is 0 Å². The first-order chi connectivity index (χ1) is 10.7. The minimum Gasteiger partial charge on any atom is -0.486 e. The number of morpholine rings is 1. The van der Waals surface area contributed by atoms with Gasteiger partial charge >= 0.3 is 0 Å². The smallest absolute Gasteiger partial charge is 0.230 e. The Balaban J connectivity index is 1.70. The summed E-state index contributed by atoms with van der Waals surface area (Å²) in [4.78, 5) is 14.6. The van der Waals surface area contributed by atoms with Crippen molar-refractivity contribution >= 4 is 11.9 Å². The molecule has 2 heterocycles. The Bertz CT molecular complexity index is 632. The first kappa shape index (κ1) is 14.5. The van der Waals surface area contributed by atoms with E-state index in [9.17, 15) is 4.39 Å². The average Bonchev–Trinajstić information content (AvgIpc) is 2.55. The summed E-state index contributed by atoms with van der Waals surface area (Å²) >= 11 is 0. The highest BCUT2D eigenvalue weighted by atomic mass is 19.1. The largest absolute Gasteiger partial charge is 0.486 e. The van der Waals surface area contributed by atoms with Crippen molar-refractivity contribution in [3.8, 4) is 5.75 Å². The molecule has 0 bridgehead atoms. The van der Waals surface area contributed by atoms with Gasteiger partial charge in [-0.2, -0.15) is 15.0 Å². The predicted molar refractivity (Wildman–Crippen MR) is 78.0 cm³/mol. The van der Waals surface area contributed by atoms with Gasteiger partial charge in [-0.15, -0.1) is 0 Å². The number of nitrogens with two attached hydrogens (primary N) is 1. The molecule has 0 atom stereocenters. The Labute approximate surface area is 126 Å². The van der Waals surface area contributed by atoms with Crippen LogP contribution in [0.4, 0.5) is 16.3 Å². The van der Waals surface area contributed by atoms with Crippen molar-refractivity contribution in [3.63, 3.8) is 0 Å². The molecule has 22 heavy (non-hydrogen) atoms. The lowest BCUT2D eigenvalue weighted by Crippen LogP contribution is -2.37. The van der Waals surface area contributed by atoms with Crippen LogP contribution in [0.1, 0.15) is 5.82 Å². The Morgan fingerprint density at radius 3 is 2.59 bits per heavy atom. The minimum absolute atomic E-state index is 0.135. The van der Waals surface area contributed by atoms with Gasteiger partial charge in [-0.3, -0.25) is 0 Å². The summed E-state index contributed by atoms with van der Waals surface area (Å²) in [5.41, 5.74) is 5.73. The molecule has 0 aliphatic carbocycles. The van der Waals surface area contributed by atoms with Crippen LogP contribution >= 0.6 is 0 Å². The zero-order chi connectivity index (χ0) is 15.4. The molecule has 0 amide bonds. The second-order valence-corrected chi connectivity index (χ2v) is 4.75. The summed E-state index contributed by atoms with van der Waals surface area (Å²) < 4.78 is 23.7. The van der Waals surface area contributed by atoms with E-state index in [-0.39, 0.29) is 18.4 Å². The predicted octanol–water partition coefficient (Wildman–Crippen LogP) is 1.01. The van der Waals surface area contributed by atoms with Crippen molar-refractivity contribution < 1.29 is 13.9 Å². The molecule has 1 fully saturated rings. The Morgan fingerprint density at radius 2 is 1.86 bits per heavy atom. The van der Waals surface area contributed by atoms with Crippen LogP contribution in [0.5, 0.6) is 5.75 Å². The minimum atomic E-state index is -0.314. The Morgan fingerprint density at radius 1 is 1.14 bits per heavy atom. The molecule has 2 aromatic rings. The monoisotopic (exact) mass is 305 g/mol. The number of nitrogen functional groups attached to an aromatic ring is 1. The fourth-order valence-electron chi connectivity index (χ4n) is 2.07. The lowest BCUT2D eigenvalue weighted by atomic mass is 10.3. The van der Waals surface area contributed by atoms with E-state index in [1.165, 1.54) is 12.1 Å². The molecule has 7 nitrogen and oxygen atoms in total. The van der Waals surface area contributed by atoms with Crippen LogP contribution in [-0.2, 0) is 11.3 Å². The van der Waals surface area contributed by atoms with Crippen LogP contribution in [0, 0.1) is 5.82 Å². The maximum absolute atomic E-state index is 12.8. The summed E-state index contributed by atoms with van der Waals surface area (Å²) in [6, 6.07) is 5.75. The van der Waals surface area contributed by atoms with Gasteiger partial charge < -0.3 is 20.1 Å². The number of nitrogens with zero attached hydrogens (tertiary/aromatic N) is 4. The zero-order valence-corrected chi connectivity index (χ0v) is 11.9. The lowest BCUT2D eigenvalue weighted by molar-refractivity contribution is 0.122. The molecule has 1 aromatic heterocycles. The average molecular weight is 305 g/mol. The van der Waals surface area contributed by atoms with Crippen LogP contribution in [-0.4, -0.2) is 41.3 Å². The number of rotatable bonds is 4. The summed E-state index contributed by atoms with van der Waals surface area (Å²) in [5, 5.41) is 0. The van der Waals surface area contributed by atoms with Gasteiger partial charge in [0.1, 0.15) is 18.2 Å². The standard InChI is InChI=1S/C14H16FN5O2/c15-10-1-3-11(4-2-10)22-9-12-17-13(16)19-14(18-12)20-5-7-21-8-6-20/h1-4H,5-9H2,(H2,16,17,18,19). The van der Waals surface area contributed by atoms with Gasteiger partial charge in [0.25, 0.3) is 0 Å². The number of halogens is 1. The normalized spacial score (nSPS) is 14.9. The molecule has 3 rings (SSSR count). The third kappa shape index (κ3) is 3.59. The maximum atomic E-state index is 12.8. The number of hydrogen-bond acceptors (Lipinski definition) is 7. The van der Waals surface area contributed by atoms with Crippen molar-refractivity contribution in [2.24, 2.45) is 0 Å². The second kappa shape index (κ2) is 6.52. The first-order valence-electron chi connectivity index (χ1n) is 6.92. The summed E-state index contributed by atoms with van der Waals surface area (Å²) in [5.74, 6) is 1.32. The molecule has 8 heteroatoms. The van der Waals surface area contributed by atoms with E-state index in [0.717, 1.165) is 0 Å². The van der Waals surface area contributed by atoms with Crippen molar-refractivity contribution in [2.45, 2.75) is 6.61 Å². The number of ether oxygens (including phenoxy) is 2. The number of anilines is 2. The highest BCUT2D eigenvalue weighted by Gasteiger charge is 2.16. The van der Waals surface area contributed by atoms with Crippen molar-refractivity contribution in [1.29, 1.82) is 0 Å². The molecule has 116 valence electrons. The number of aromatic nitrogens is 3. The molecular weight excluding hydrogens is 289 g/mol. The van der Waals surface area contributed by atoms with Crippen molar-refractivity contribution in [3.05, 3.63) is 35.9 Å². The van der Waals surface area contributed by atoms with Gasteiger partial charge in [-0.05, 0) is 24.3 Å². The second-order valence-electron chi connectivity index (χ2n) is 4.75.